The Bertz CT molecular complexity index is 3580. The van der Waals surface area contributed by atoms with Crippen molar-refractivity contribution in [3.8, 4) is 67.5 Å². The van der Waals surface area contributed by atoms with E-state index in [1.165, 1.54) is 0 Å². The second-order valence-corrected chi connectivity index (χ2v) is 15.6. The summed E-state index contributed by atoms with van der Waals surface area (Å²) < 4.78 is 59.4. The summed E-state index contributed by atoms with van der Waals surface area (Å²) in [6.07, 6.45) is 0. The summed E-state index contributed by atoms with van der Waals surface area (Å²) in [6.45, 7) is 0. The third kappa shape index (κ3) is 5.68. The number of nitrogens with zero attached hydrogens (tertiary/aromatic N) is 3. The quantitative estimate of drug-likeness (QED) is 0.170. The Morgan fingerprint density at radius 2 is 0.982 bits per heavy atom. The number of rotatable bonds is 6. The van der Waals surface area contributed by atoms with Crippen molar-refractivity contribution in [2.24, 2.45) is 0 Å². The van der Waals surface area contributed by atoms with Gasteiger partial charge in [-0.2, -0.15) is 0 Å². The molecule has 0 atom stereocenters. The van der Waals surface area contributed by atoms with E-state index in [0.29, 0.717) is 32.0 Å². The topological polar surface area (TPSA) is 38.7 Å². The number of hydrogen-bond donors (Lipinski definition) is 0. The molecule has 0 aliphatic rings. The van der Waals surface area contributed by atoms with Gasteiger partial charge in [-0.3, -0.25) is 0 Å². The number of benzene rings is 8. The highest BCUT2D eigenvalue weighted by Gasteiger charge is 2.18. The molecule has 0 aliphatic carbocycles. The monoisotopic (exact) mass is 755 g/mol. The number of hydrogen-bond acceptors (Lipinski definition) is 5. The largest absolute Gasteiger partial charge is 0.208 e. The first kappa shape index (κ1) is 26.9. The van der Waals surface area contributed by atoms with E-state index >= 15 is 0 Å². The van der Waals surface area contributed by atoms with Crippen LogP contribution in [0.15, 0.2) is 188 Å². The van der Waals surface area contributed by atoms with Gasteiger partial charge in [0.2, 0.25) is 0 Å². The summed E-state index contributed by atoms with van der Waals surface area (Å²) in [5, 5.41) is 2.78. The highest BCUT2D eigenvalue weighted by molar-refractivity contribution is 7.26. The summed E-state index contributed by atoms with van der Waals surface area (Å²) >= 11 is 2.78. The molecule has 0 saturated heterocycles. The minimum absolute atomic E-state index is 0.0110. The molecule has 56 heavy (non-hydrogen) atoms. The minimum atomic E-state index is -0.344. The van der Waals surface area contributed by atoms with Crippen LogP contribution in [-0.4, -0.2) is 15.0 Å². The first-order valence-electron chi connectivity index (χ1n) is 21.2. The molecule has 262 valence electrons. The van der Waals surface area contributed by atoms with Crippen LogP contribution < -0.4 is 0 Å². The fourth-order valence-electron chi connectivity index (χ4n) is 7.34. The zero-order chi connectivity index (χ0) is 42.2. The second kappa shape index (κ2) is 13.5. The third-order valence-electron chi connectivity index (χ3n) is 10.1. The van der Waals surface area contributed by atoms with Crippen molar-refractivity contribution in [3.63, 3.8) is 0 Å². The first-order valence-corrected chi connectivity index (χ1v) is 19.8. The molecule has 0 unspecified atom stereocenters. The Kier molecular flexibility index (Phi) is 6.48. The summed E-state index contributed by atoms with van der Waals surface area (Å²) in [5.41, 5.74) is 6.62. The molecule has 3 aromatic heterocycles. The molecule has 0 spiro atoms. The van der Waals surface area contributed by atoms with Crippen LogP contribution in [0.2, 0.25) is 0 Å². The van der Waals surface area contributed by atoms with Crippen LogP contribution in [0.4, 0.5) is 0 Å². The molecule has 0 N–H and O–H groups in total. The van der Waals surface area contributed by atoms with Gasteiger partial charge in [-0.05, 0) is 69.7 Å². The lowest BCUT2D eigenvalue weighted by molar-refractivity contribution is 1.08. The van der Waals surface area contributed by atoms with Gasteiger partial charge in [0.05, 0.1) is 8.22 Å². The Morgan fingerprint density at radius 1 is 0.375 bits per heavy atom. The lowest BCUT2D eigenvalue weighted by Crippen LogP contribution is -2.00. The highest BCUT2D eigenvalue weighted by atomic mass is 32.1. The van der Waals surface area contributed by atoms with E-state index in [4.69, 9.17) is 16.3 Å². The van der Waals surface area contributed by atoms with E-state index in [9.17, 15) is 6.85 Å². The number of fused-ring (bicyclic) bond motifs is 6. The molecule has 0 amide bonds. The van der Waals surface area contributed by atoms with Gasteiger partial charge < -0.3 is 0 Å². The Hall–Kier alpha value is -6.79. The van der Waals surface area contributed by atoms with Crippen LogP contribution in [0.1, 0.15) is 8.22 Å². The van der Waals surface area contributed by atoms with Crippen LogP contribution in [-0.2, 0) is 0 Å². The van der Waals surface area contributed by atoms with Crippen LogP contribution in [0.5, 0.6) is 0 Å². The first-order chi connectivity index (χ1) is 30.2. The van der Waals surface area contributed by atoms with Gasteiger partial charge >= 0.3 is 0 Å². The van der Waals surface area contributed by atoms with Crippen molar-refractivity contribution in [2.75, 3.05) is 0 Å². The van der Waals surface area contributed by atoms with Crippen molar-refractivity contribution in [3.05, 3.63) is 188 Å². The number of aromatic nitrogens is 3. The van der Waals surface area contributed by atoms with E-state index in [2.05, 4.69) is 24.3 Å². The average Bonchev–Trinajstić information content (AvgIpc) is 3.91. The molecule has 0 bridgehead atoms. The van der Waals surface area contributed by atoms with Crippen LogP contribution in [0, 0.1) is 0 Å². The maximum atomic E-state index is 9.85. The maximum Gasteiger partial charge on any atom is 0.165 e. The van der Waals surface area contributed by atoms with Gasteiger partial charge in [-0.25, -0.2) is 15.0 Å². The Balaban J connectivity index is 1.16. The molecule has 0 aliphatic heterocycles. The molecular weight excluding hydrogens is 719 g/mol. The fourth-order valence-corrected chi connectivity index (χ4v) is 9.58. The van der Waals surface area contributed by atoms with Crippen molar-refractivity contribution < 1.29 is 8.22 Å². The summed E-state index contributed by atoms with van der Waals surface area (Å²) in [6, 6.07) is 48.8. The molecule has 11 aromatic rings. The van der Waals surface area contributed by atoms with E-state index in [1.54, 1.807) is 11.3 Å². The summed E-state index contributed by atoms with van der Waals surface area (Å²) in [4.78, 5) is 14.8. The fraction of sp³-hybridized carbons (Fsp3) is 0. The highest BCUT2D eigenvalue weighted by Crippen LogP contribution is 2.45. The molecule has 11 rings (SSSR count). The van der Waals surface area contributed by atoms with Gasteiger partial charge in [0, 0.05) is 57.0 Å². The zero-order valence-corrected chi connectivity index (χ0v) is 31.2. The van der Waals surface area contributed by atoms with E-state index < -0.39 is 0 Å². The SMILES string of the molecule is [2H]c1c(-c2cc(-c3ccccc3)c3c(c2)sc2ccccc23)c([2H])c2c(sc3c(-c4nc(-c5ccccc5)nc(-c5ccc(-c6ccccc6)cc5)n4)c([2H])c([2H])c([2H])c32)c1[2H]. The van der Waals surface area contributed by atoms with E-state index in [0.717, 1.165) is 64.9 Å². The van der Waals surface area contributed by atoms with Crippen LogP contribution >= 0.6 is 22.7 Å². The smallest absolute Gasteiger partial charge is 0.165 e. The molecule has 0 saturated carbocycles. The van der Waals surface area contributed by atoms with E-state index in [1.807, 2.05) is 127 Å². The van der Waals surface area contributed by atoms with Crippen LogP contribution in [0.3, 0.4) is 0 Å². The lowest BCUT2D eigenvalue weighted by Gasteiger charge is -2.10. The third-order valence-corrected chi connectivity index (χ3v) is 12.3. The Morgan fingerprint density at radius 3 is 1.73 bits per heavy atom. The van der Waals surface area contributed by atoms with Crippen molar-refractivity contribution in [1.82, 2.24) is 15.0 Å². The Labute approximate surface area is 340 Å². The normalized spacial score (nSPS) is 13.1. The molecule has 0 fully saturated rings. The lowest BCUT2D eigenvalue weighted by atomic mass is 9.94. The van der Waals surface area contributed by atoms with Gasteiger partial charge in [0.1, 0.15) is 0 Å². The predicted octanol–water partition coefficient (Wildman–Crippen LogP) is 14.6. The molecule has 3 heterocycles. The maximum absolute atomic E-state index is 9.85. The predicted molar refractivity (Wildman–Crippen MR) is 238 cm³/mol. The van der Waals surface area contributed by atoms with Crippen molar-refractivity contribution in [2.45, 2.75) is 0 Å². The van der Waals surface area contributed by atoms with Crippen molar-refractivity contribution >= 4 is 63.0 Å². The van der Waals surface area contributed by atoms with Gasteiger partial charge in [-0.15, -0.1) is 22.7 Å². The standard InChI is InChI=1S/C51H31N3S2/c1-4-13-32(14-5-1)33-23-25-36(26-24-33)50-52-49(35-17-8-3-9-18-35)53-51(54-50)41-21-12-20-39-43-29-37(27-28-45(43)56-48(39)41)38-30-42(34-15-6-2-7-16-34)47-40-19-10-11-22-44(40)55-46(47)31-38/h1-31H/i12D,20D,21D,27D,28D,29D. The summed E-state index contributed by atoms with van der Waals surface area (Å²) in [5.74, 6) is 0.882. The molecular formula is C51H31N3S2. The van der Waals surface area contributed by atoms with Crippen LogP contribution in [0.25, 0.3) is 108 Å². The zero-order valence-electron chi connectivity index (χ0n) is 35.6. The van der Waals surface area contributed by atoms with Gasteiger partial charge in [0.15, 0.2) is 17.5 Å². The van der Waals surface area contributed by atoms with Gasteiger partial charge in [0.25, 0.3) is 0 Å². The molecule has 0 radical (unpaired) electrons. The van der Waals surface area contributed by atoms with Crippen molar-refractivity contribution in [1.29, 1.82) is 0 Å². The van der Waals surface area contributed by atoms with Gasteiger partial charge in [-0.1, -0.05) is 152 Å². The number of thiophene rings is 2. The molecule has 3 nitrogen and oxygen atoms in total. The van der Waals surface area contributed by atoms with E-state index in [-0.39, 0.29) is 58.6 Å². The minimum Gasteiger partial charge on any atom is -0.208 e. The summed E-state index contributed by atoms with van der Waals surface area (Å²) in [7, 11) is 0. The molecule has 5 heteroatoms. The molecule has 8 aromatic carbocycles. The average molecular weight is 756 g/mol. The second-order valence-electron chi connectivity index (χ2n) is 13.5.